The van der Waals surface area contributed by atoms with E-state index >= 15 is 0 Å². The predicted molar refractivity (Wildman–Crippen MR) is 273 cm³/mol. The van der Waals surface area contributed by atoms with Crippen molar-refractivity contribution in [2.24, 2.45) is 0 Å². The lowest BCUT2D eigenvalue weighted by atomic mass is 10.1. The Kier molecular flexibility index (Phi) is 48.3. The van der Waals surface area contributed by atoms with Crippen molar-refractivity contribution in [3.63, 3.8) is 0 Å². The first kappa shape index (κ1) is 67.6. The molecule has 14 nitrogen and oxygen atoms in total. The molecule has 0 bridgehead atoms. The highest BCUT2D eigenvalue weighted by Crippen LogP contribution is 2.06. The van der Waals surface area contributed by atoms with Crippen LogP contribution in [0.2, 0.25) is 0 Å². The van der Waals surface area contributed by atoms with E-state index in [0.29, 0.717) is 38.9 Å². The number of ether oxygens (including phenoxy) is 1. The van der Waals surface area contributed by atoms with Crippen LogP contribution in [0.5, 0.6) is 0 Å². The topological polar surface area (TPSA) is 197 Å². The van der Waals surface area contributed by atoms with E-state index in [-0.39, 0.29) is 41.0 Å². The zero-order valence-electron chi connectivity index (χ0n) is 42.5. The molecule has 0 atom stereocenters. The van der Waals surface area contributed by atoms with Gasteiger partial charge in [-0.3, -0.25) is 28.8 Å². The molecule has 3 amide bonds. The number of nitrogens with one attached hydrogen (secondary N) is 2. The van der Waals surface area contributed by atoms with Gasteiger partial charge in [-0.2, -0.15) is 0 Å². The molecule has 0 heterocycles. The molecule has 0 fully saturated rings. The van der Waals surface area contributed by atoms with Gasteiger partial charge in [-0.15, -0.1) is 0 Å². The maximum atomic E-state index is 12.0. The van der Waals surface area contributed by atoms with Crippen LogP contribution < -0.4 is 10.6 Å². The van der Waals surface area contributed by atoms with E-state index in [1.165, 1.54) is 50.0 Å². The van der Waals surface area contributed by atoms with Gasteiger partial charge in [-0.25, -0.2) is 9.59 Å². The molecule has 0 saturated carbocycles. The van der Waals surface area contributed by atoms with Gasteiger partial charge in [-0.05, 0) is 125 Å². The molecule has 0 aromatic rings. The van der Waals surface area contributed by atoms with Crippen LogP contribution in [0.3, 0.4) is 0 Å². The van der Waals surface area contributed by atoms with Crippen LogP contribution in [0.4, 0.5) is 4.79 Å². The molecule has 3 N–H and O–H groups in total. The number of aliphatic carboxylic acids is 1. The van der Waals surface area contributed by atoms with Gasteiger partial charge in [0, 0.05) is 71.3 Å². The fraction of sp³-hybridized carbons (Fsp3) is 0.509. The smallest absolute Gasteiger partial charge is 0.407 e. The third-order valence-electron chi connectivity index (χ3n) is 7.89. The van der Waals surface area contributed by atoms with Crippen molar-refractivity contribution in [2.75, 3.05) is 47.3 Å². The van der Waals surface area contributed by atoms with Crippen LogP contribution in [0.1, 0.15) is 126 Å². The second kappa shape index (κ2) is 47.9. The zero-order valence-corrected chi connectivity index (χ0v) is 42.5. The number of carbonyl (C=O) groups excluding carboxylic acids is 7. The number of nitrogens with zero attached hydrogens (tertiary/aromatic N) is 2. The highest BCUT2D eigenvalue weighted by atomic mass is 16.6. The van der Waals surface area contributed by atoms with Gasteiger partial charge in [0.15, 0.2) is 17.3 Å². The van der Waals surface area contributed by atoms with E-state index in [1.54, 1.807) is 19.0 Å². The second-order valence-corrected chi connectivity index (χ2v) is 15.8. The van der Waals surface area contributed by atoms with E-state index in [9.17, 15) is 38.4 Å². The van der Waals surface area contributed by atoms with Gasteiger partial charge in [-0.1, -0.05) is 86.8 Å². The number of Topliss-reactive ketones (excluding diaryl/α,β-unsaturated/α-hetero) is 1. The Morgan fingerprint density at radius 2 is 0.955 bits per heavy atom. The Morgan fingerprint density at radius 1 is 0.552 bits per heavy atom. The van der Waals surface area contributed by atoms with Crippen LogP contribution in [-0.2, 0) is 38.3 Å². The largest absolute Gasteiger partial charge is 0.478 e. The van der Waals surface area contributed by atoms with Crippen molar-refractivity contribution in [3.8, 4) is 0 Å². The summed E-state index contributed by atoms with van der Waals surface area (Å²) in [5.74, 6) is -1.78. The number of likely N-dealkylation sites (N-methyl/N-ethyl adjacent to an activating group) is 3. The minimum Gasteiger partial charge on any atom is -0.478 e. The third kappa shape index (κ3) is 62.1. The van der Waals surface area contributed by atoms with E-state index in [2.05, 4.69) is 90.5 Å². The van der Waals surface area contributed by atoms with Gasteiger partial charge in [0.05, 0.1) is 0 Å². The summed E-state index contributed by atoms with van der Waals surface area (Å²) in [5, 5.41) is 13.5. The van der Waals surface area contributed by atoms with E-state index in [4.69, 9.17) is 9.84 Å². The standard InChI is InChI=1S/C31H45NO3.C9H16N2O2.C8H17NO2.C5H6O3/c1-4-5-6-7-8-9-10-11-12-13-14-15-16-17-18-19-20-21-22-24-30(34)25-23-28-32(3)31(35)27-26-29(2)33;1-8(12)4-5-9(13)11(3)7-6-10-2;1-5-6-9-7(10)11-8(2,3)4;1-4(6)2-3-5(7)8/h5-6,8-9,11-12,14-15,17-18,20-21,26-27H,4,7,10,13,16,19,22-25,28H2,1-3H3;4-5,10H,6-7H2,1-3H3;5-6H2,1-4H3,(H,9,10);2-3H,1H3,(H,7,8)/b6-5-,9-8-,12-11-,15-14-,18-17-,21-20-,27-26+;5-4+;;3-2+. The number of amides is 3. The lowest BCUT2D eigenvalue weighted by Gasteiger charge is -2.19. The molecule has 0 saturated heterocycles. The molecule has 376 valence electrons. The van der Waals surface area contributed by atoms with Gasteiger partial charge >= 0.3 is 12.1 Å². The lowest BCUT2D eigenvalue weighted by Crippen LogP contribution is -2.32. The molecule has 0 unspecified atom stereocenters. The lowest BCUT2D eigenvalue weighted by molar-refractivity contribution is -0.131. The Morgan fingerprint density at radius 3 is 1.31 bits per heavy atom. The highest BCUT2D eigenvalue weighted by molar-refractivity contribution is 5.97. The number of hydrogen-bond donors (Lipinski definition) is 3. The molecule has 0 aliphatic heterocycles. The van der Waals surface area contributed by atoms with Crippen molar-refractivity contribution in [1.82, 2.24) is 20.4 Å². The monoisotopic (exact) mass is 937 g/mol. The normalized spacial score (nSPS) is 11.6. The Labute approximate surface area is 402 Å². The summed E-state index contributed by atoms with van der Waals surface area (Å²) in [6.45, 7) is 16.4. The summed E-state index contributed by atoms with van der Waals surface area (Å²) in [5.41, 5.74) is -0.391. The fourth-order valence-electron chi connectivity index (χ4n) is 4.38. The van der Waals surface area contributed by atoms with Crippen molar-refractivity contribution in [3.05, 3.63) is 109 Å². The van der Waals surface area contributed by atoms with Crippen LogP contribution in [0.15, 0.2) is 109 Å². The summed E-state index contributed by atoms with van der Waals surface area (Å²) in [4.78, 5) is 89.9. The predicted octanol–water partition coefficient (Wildman–Crippen LogP) is 9.36. The van der Waals surface area contributed by atoms with E-state index < -0.39 is 11.6 Å². The van der Waals surface area contributed by atoms with Crippen molar-refractivity contribution >= 4 is 47.0 Å². The number of allylic oxidation sites excluding steroid dienone is 15. The fourth-order valence-corrected chi connectivity index (χ4v) is 4.38. The first-order valence-corrected chi connectivity index (χ1v) is 22.9. The molecule has 0 aliphatic carbocycles. The maximum absolute atomic E-state index is 12.0. The molecule has 14 heteroatoms. The Bertz CT molecular complexity index is 1680. The quantitative estimate of drug-likeness (QED) is 0.0477. The third-order valence-corrected chi connectivity index (χ3v) is 7.89. The van der Waals surface area contributed by atoms with Gasteiger partial charge < -0.3 is 30.3 Å². The second-order valence-electron chi connectivity index (χ2n) is 15.8. The first-order valence-electron chi connectivity index (χ1n) is 22.9. The van der Waals surface area contributed by atoms with Crippen LogP contribution in [-0.4, -0.2) is 115 Å². The minimum atomic E-state index is -1.10. The Hall–Kier alpha value is -6.02. The van der Waals surface area contributed by atoms with Crippen molar-refractivity contribution in [1.29, 1.82) is 0 Å². The number of hydrogen-bond acceptors (Lipinski definition) is 10. The average Bonchev–Trinajstić information content (AvgIpc) is 3.25. The Balaban J connectivity index is -0.000000498. The molecule has 0 aromatic heterocycles. The number of carbonyl (C=O) groups is 8. The number of alkyl carbamates (subject to hydrolysis) is 1. The first-order chi connectivity index (χ1) is 31.6. The number of ketones is 4. The number of carboxylic acids is 1. The van der Waals surface area contributed by atoms with Crippen LogP contribution in [0, 0.1) is 0 Å². The van der Waals surface area contributed by atoms with Gasteiger partial charge in [0.25, 0.3) is 0 Å². The average molecular weight is 937 g/mol. The van der Waals surface area contributed by atoms with Gasteiger partial charge in [0.1, 0.15) is 11.4 Å². The highest BCUT2D eigenvalue weighted by Gasteiger charge is 2.15. The maximum Gasteiger partial charge on any atom is 0.407 e. The van der Waals surface area contributed by atoms with Crippen molar-refractivity contribution in [2.45, 2.75) is 132 Å². The van der Waals surface area contributed by atoms with Gasteiger partial charge in [0.2, 0.25) is 11.8 Å². The molecular formula is C53H84N4O10. The SMILES string of the molecule is CC(=O)/C=C/C(=O)O.CC/C=C\C/C=C\C/C=C\C/C=C\C/C=C\C/C=C\CCC(=O)CCCN(C)C(=O)/C=C/C(C)=O.CCCNC(=O)OC(C)(C)C.CNCCN(C)C(=O)/C=C/C(C)=O. The zero-order chi connectivity index (χ0) is 51.7. The molecule has 0 aliphatic rings. The van der Waals surface area contributed by atoms with Crippen LogP contribution >= 0.6 is 0 Å². The van der Waals surface area contributed by atoms with Crippen LogP contribution in [0.25, 0.3) is 0 Å². The molecule has 0 radical (unpaired) electrons. The van der Waals surface area contributed by atoms with Crippen molar-refractivity contribution < 1.29 is 48.2 Å². The summed E-state index contributed by atoms with van der Waals surface area (Å²) in [7, 11) is 5.20. The summed E-state index contributed by atoms with van der Waals surface area (Å²) in [6, 6.07) is 0. The molecule has 0 aromatic carbocycles. The summed E-state index contributed by atoms with van der Waals surface area (Å²) in [6.07, 6.45) is 41.8. The molecule has 67 heavy (non-hydrogen) atoms. The van der Waals surface area contributed by atoms with E-state index in [1.807, 2.05) is 34.7 Å². The summed E-state index contributed by atoms with van der Waals surface area (Å²) >= 11 is 0. The molecule has 0 rings (SSSR count). The molecular weight excluding hydrogens is 853 g/mol. The number of carboxylic acid groups (broad SMARTS) is 1. The minimum absolute atomic E-state index is 0.115. The summed E-state index contributed by atoms with van der Waals surface area (Å²) < 4.78 is 4.99. The molecule has 0 spiro atoms. The number of rotatable bonds is 29. The van der Waals surface area contributed by atoms with E-state index in [0.717, 1.165) is 70.1 Å².